The van der Waals surface area contributed by atoms with E-state index in [1.165, 1.54) is 61.7 Å². The molecule has 33 heteroatoms. The fraction of sp³-hybridized carbons (Fsp3) is 0.283. The first-order valence-electron chi connectivity index (χ1n) is 39.6. The molecule has 3 fully saturated rings. The average Bonchev–Trinajstić information content (AvgIpc) is 1.64. The van der Waals surface area contributed by atoms with Crippen LogP contribution in [0.2, 0.25) is 5.02 Å². The number of pyridine rings is 6. The van der Waals surface area contributed by atoms with E-state index in [2.05, 4.69) is 35.2 Å². The number of methoxy groups -OCH3 is 4. The van der Waals surface area contributed by atoms with E-state index in [-0.39, 0.29) is 125 Å². The van der Waals surface area contributed by atoms with Gasteiger partial charge >= 0.3 is 0 Å². The van der Waals surface area contributed by atoms with Crippen LogP contribution in [0, 0.1) is 34.9 Å². The Morgan fingerprint density at radius 2 is 0.792 bits per heavy atom. The van der Waals surface area contributed by atoms with Crippen molar-refractivity contribution >= 4 is 69.9 Å². The number of nitrogen functional groups attached to an aromatic ring is 1. The minimum absolute atomic E-state index is 0.0472. The Hall–Kier alpha value is -13.4. The van der Waals surface area contributed by atoms with Crippen LogP contribution in [0.3, 0.4) is 0 Å². The number of nitrogens with zero attached hydrogens (tertiary/aromatic N) is 11. The molecule has 646 valence electrons. The highest BCUT2D eigenvalue weighted by Gasteiger charge is 2.42. The predicted octanol–water partition coefficient (Wildman–Crippen LogP) is 14.4. The zero-order valence-corrected chi connectivity index (χ0v) is 70.5. The maximum absolute atomic E-state index is 14.9. The first-order valence-corrected chi connectivity index (χ1v) is 40.0. The number of nitrogens with one attached hydrogen (secondary N) is 1. The molecule has 6 amide bonds. The van der Waals surface area contributed by atoms with Gasteiger partial charge in [0.1, 0.15) is 80.5 Å². The summed E-state index contributed by atoms with van der Waals surface area (Å²) in [6.45, 7) is 14.2. The summed E-state index contributed by atoms with van der Waals surface area (Å²) in [5.41, 5.74) is 10.6. The van der Waals surface area contributed by atoms with Crippen molar-refractivity contribution < 1.29 is 88.3 Å². The summed E-state index contributed by atoms with van der Waals surface area (Å²) in [6, 6.07) is 36.5. The van der Waals surface area contributed by atoms with Gasteiger partial charge in [0.2, 0.25) is 0 Å². The van der Waals surface area contributed by atoms with Crippen molar-refractivity contribution in [1.82, 2.24) is 45.0 Å². The van der Waals surface area contributed by atoms with Gasteiger partial charge in [-0.15, -0.1) is 0 Å². The number of aromatic nitrogens is 6. The Labute approximate surface area is 720 Å². The summed E-state index contributed by atoms with van der Waals surface area (Å²) >= 11 is 6.32. The fourth-order valence-electron chi connectivity index (χ4n) is 15.3. The number of hydrogen-bond acceptors (Lipinski definition) is 20. The molecule has 3 N–H and O–H groups in total. The van der Waals surface area contributed by atoms with Gasteiger partial charge in [-0.3, -0.25) is 38.7 Å². The monoisotopic (exact) mass is 1730 g/mol. The highest BCUT2D eigenvalue weighted by atomic mass is 35.5. The van der Waals surface area contributed by atoms with Gasteiger partial charge in [-0.25, -0.2) is 46.3 Å². The second kappa shape index (κ2) is 36.6. The molecule has 6 aliphatic rings. The molecule has 0 spiro atoms. The topological polar surface area (TPSA) is 299 Å². The molecule has 0 radical (unpaired) electrons. The van der Waals surface area contributed by atoms with Crippen molar-refractivity contribution in [2.45, 2.75) is 104 Å². The lowest BCUT2D eigenvalue weighted by Gasteiger charge is -2.37. The van der Waals surface area contributed by atoms with Crippen LogP contribution < -0.4 is 44.7 Å². The van der Waals surface area contributed by atoms with E-state index in [1.807, 2.05) is 12.1 Å². The molecular weight excluding hydrogens is 1640 g/mol. The molecule has 11 aromatic rings. The van der Waals surface area contributed by atoms with Crippen molar-refractivity contribution in [1.29, 1.82) is 0 Å². The van der Waals surface area contributed by atoms with Crippen LogP contribution in [0.1, 0.15) is 123 Å². The van der Waals surface area contributed by atoms with Crippen molar-refractivity contribution in [2.24, 2.45) is 0 Å². The summed E-state index contributed by atoms with van der Waals surface area (Å²) in [6.07, 6.45) is 5.27. The number of ether oxygens (including phenoxy) is 7. The Morgan fingerprint density at radius 3 is 1.17 bits per heavy atom. The van der Waals surface area contributed by atoms with Crippen molar-refractivity contribution in [3.63, 3.8) is 0 Å². The van der Waals surface area contributed by atoms with Gasteiger partial charge in [0.05, 0.1) is 189 Å². The number of fused-ring (bicyclic) bond motifs is 3. The van der Waals surface area contributed by atoms with E-state index in [1.54, 1.807) is 173 Å². The summed E-state index contributed by atoms with van der Waals surface area (Å²) in [5.74, 6) is -2.82. The molecular formula is C92H86ClF6N13O13. The average molecular weight is 1730 g/mol. The van der Waals surface area contributed by atoms with Gasteiger partial charge in [0, 0.05) is 67.1 Å². The van der Waals surface area contributed by atoms with Crippen LogP contribution in [0.15, 0.2) is 164 Å². The number of carbonyl (C=O) groups excluding carboxylic acids is 6. The molecule has 0 unspecified atom stereocenters. The second-order valence-corrected chi connectivity index (χ2v) is 31.6. The zero-order chi connectivity index (χ0) is 89.1. The summed E-state index contributed by atoms with van der Waals surface area (Å²) < 4.78 is 125. The highest BCUT2D eigenvalue weighted by Crippen LogP contribution is 2.40. The molecule has 5 aromatic carbocycles. The minimum Gasteiger partial charge on any atom is -0.497 e. The SMILES string of the molecule is CC1(C)OCCN(c2ccc(Cc3cc(-c4c(F)cccc4F)nc4c3C(=O)NC4)nc2)C1=O.CC1(C)OCCN(c2ccc(N)nc2)C1=O.COc1ccc(CN2Cc3nc(-c4c(F)cccc4F)cc(Cc4ccc(N5CCOC(C)(C)C5=O)cn4)c3C2=O)c(OC)c1.COc1ccc(CN2Cc3nc(-c4c(F)cccc4F)cc(Cl)c3C2=O)c(OC)c1. The number of halogens is 7. The molecule has 6 aliphatic heterocycles. The van der Waals surface area contributed by atoms with Crippen molar-refractivity contribution in [3.05, 3.63) is 272 Å². The minimum atomic E-state index is -0.936. The first kappa shape index (κ1) is 87.9. The number of carbonyl (C=O) groups is 6. The van der Waals surface area contributed by atoms with Crippen LogP contribution in [0.25, 0.3) is 33.8 Å². The Bertz CT molecular complexity index is 5970. The molecule has 17 rings (SSSR count). The van der Waals surface area contributed by atoms with Crippen molar-refractivity contribution in [2.75, 3.05) is 88.3 Å². The van der Waals surface area contributed by atoms with Gasteiger partial charge in [-0.05, 0) is 168 Å². The standard InChI is InChI=1S/C34H32F2N4O5.C25H22F2N4O3.C22H17ClF2N2O3.C11H15N3O2/c1-34(2)33(42)40(12-13-45-34)23-10-9-22(37-17-23)14-21-15-27(31-25(35)6-5-7-26(31)36)38-28-19-39(32(41)30(21)28)18-20-8-11-24(43-3)16-29(20)44-4;1-25(2)24(33)31(8-9-34-25)16-7-6-15(28-12-16)10-14-11-19(22-17(26)4-3-5-18(22)27)30-20-13-29-23(32)21(14)20;1-29-13-7-6-12(19(8-13)30-2)10-27-11-18-20(22(27)28)14(23)9-17(26-18)21-15(24)4-3-5-16(21)25;1-11(2)10(15)14(5-6-16-11)8-3-4-9(12)13-7-8/h5-11,15-17H,12-14,18-19H2,1-4H3;3-7,11-12H,8-10,13H2,1-2H3,(H,29,32);3-9H,10-11H2,1-2H3;3-4,7H,5-6H2,1-2H3,(H2,12,13). The van der Waals surface area contributed by atoms with Crippen LogP contribution >= 0.6 is 11.6 Å². The predicted molar refractivity (Wildman–Crippen MR) is 451 cm³/mol. The molecule has 0 bridgehead atoms. The lowest BCUT2D eigenvalue weighted by atomic mass is 9.98. The first-order chi connectivity index (χ1) is 59.8. The van der Waals surface area contributed by atoms with Crippen molar-refractivity contribution in [3.8, 4) is 56.8 Å². The fourth-order valence-corrected chi connectivity index (χ4v) is 15.6. The molecule has 0 aliphatic carbocycles. The number of morpholine rings is 3. The third kappa shape index (κ3) is 18.6. The normalized spacial score (nSPS) is 15.9. The van der Waals surface area contributed by atoms with E-state index in [4.69, 9.17) is 50.5 Å². The number of hydrogen-bond donors (Lipinski definition) is 2. The summed E-state index contributed by atoms with van der Waals surface area (Å²) in [5, 5.41) is 2.82. The van der Waals surface area contributed by atoms with Gasteiger partial charge in [0.25, 0.3) is 35.4 Å². The van der Waals surface area contributed by atoms with Crippen LogP contribution in [-0.2, 0) is 74.2 Å². The molecule has 0 atom stereocenters. The summed E-state index contributed by atoms with van der Waals surface area (Å²) in [7, 11) is 6.19. The number of benzene rings is 5. The third-order valence-electron chi connectivity index (χ3n) is 21.8. The van der Waals surface area contributed by atoms with E-state index in [0.717, 1.165) is 28.9 Å². The third-order valence-corrected chi connectivity index (χ3v) is 22.1. The van der Waals surface area contributed by atoms with Crippen LogP contribution in [-0.4, -0.2) is 160 Å². The maximum atomic E-state index is 14.9. The van der Waals surface area contributed by atoms with E-state index in [9.17, 15) is 55.1 Å². The van der Waals surface area contributed by atoms with E-state index >= 15 is 0 Å². The van der Waals surface area contributed by atoms with E-state index in [0.29, 0.717) is 130 Å². The number of nitrogens with two attached hydrogens (primary N) is 1. The number of amides is 6. The smallest absolute Gasteiger partial charge is 0.258 e. The molecule has 0 saturated carbocycles. The molecule has 6 aromatic heterocycles. The quantitative estimate of drug-likeness (QED) is 0.0754. The summed E-state index contributed by atoms with van der Waals surface area (Å²) in [4.78, 5) is 111. The van der Waals surface area contributed by atoms with Gasteiger partial charge in [0.15, 0.2) is 0 Å². The second-order valence-electron chi connectivity index (χ2n) is 31.2. The van der Waals surface area contributed by atoms with Crippen LogP contribution in [0.5, 0.6) is 23.0 Å². The van der Waals surface area contributed by atoms with Gasteiger partial charge in [-0.2, -0.15) is 0 Å². The molecule has 26 nitrogen and oxygen atoms in total. The number of rotatable bonds is 18. The van der Waals surface area contributed by atoms with Crippen LogP contribution in [0.4, 0.5) is 49.2 Å². The molecule has 3 saturated heterocycles. The Kier molecular flexibility index (Phi) is 25.7. The molecule has 12 heterocycles. The molecule has 125 heavy (non-hydrogen) atoms. The largest absolute Gasteiger partial charge is 0.497 e. The highest BCUT2D eigenvalue weighted by molar-refractivity contribution is 6.34. The van der Waals surface area contributed by atoms with Gasteiger partial charge in [-0.1, -0.05) is 29.8 Å². The lowest BCUT2D eigenvalue weighted by molar-refractivity contribution is -0.145. The maximum Gasteiger partial charge on any atom is 0.258 e. The number of anilines is 4. The zero-order valence-electron chi connectivity index (χ0n) is 69.7. The van der Waals surface area contributed by atoms with E-state index < -0.39 is 51.7 Å². The lowest BCUT2D eigenvalue weighted by Crippen LogP contribution is -2.53. The Morgan fingerprint density at radius 1 is 0.424 bits per heavy atom. The van der Waals surface area contributed by atoms with Gasteiger partial charge < -0.3 is 68.7 Å². The Balaban J connectivity index is 0.000000142.